The van der Waals surface area contributed by atoms with Gasteiger partial charge >= 0.3 is 0 Å². The number of piperidine rings is 1. The number of benzene rings is 1. The van der Waals surface area contributed by atoms with Gasteiger partial charge in [-0.1, -0.05) is 19.9 Å². The van der Waals surface area contributed by atoms with Gasteiger partial charge in [-0.15, -0.1) is 0 Å². The summed E-state index contributed by atoms with van der Waals surface area (Å²) in [5.74, 6) is 0.561. The molecule has 4 heteroatoms. The number of amides is 1. The van der Waals surface area contributed by atoms with E-state index in [1.807, 2.05) is 4.90 Å². The Kier molecular flexibility index (Phi) is 5.35. The van der Waals surface area contributed by atoms with E-state index in [1.54, 1.807) is 24.3 Å². The van der Waals surface area contributed by atoms with Crippen molar-refractivity contribution in [3.05, 3.63) is 35.4 Å². The number of nitriles is 1. The molecule has 4 nitrogen and oxygen atoms in total. The van der Waals surface area contributed by atoms with E-state index in [1.165, 1.54) is 6.42 Å². The third-order valence-corrected chi connectivity index (χ3v) is 3.86. The van der Waals surface area contributed by atoms with Gasteiger partial charge in [0.15, 0.2) is 0 Å². The van der Waals surface area contributed by atoms with Crippen LogP contribution in [0.15, 0.2) is 24.3 Å². The maximum absolute atomic E-state index is 12.5. The van der Waals surface area contributed by atoms with E-state index in [2.05, 4.69) is 25.2 Å². The first-order valence-electron chi connectivity index (χ1n) is 7.63. The van der Waals surface area contributed by atoms with Crippen LogP contribution in [0.5, 0.6) is 0 Å². The highest BCUT2D eigenvalue weighted by molar-refractivity contribution is 5.94. The number of carbonyl (C=O) groups is 1. The van der Waals surface area contributed by atoms with E-state index in [9.17, 15) is 4.79 Å². The van der Waals surface area contributed by atoms with Crippen molar-refractivity contribution in [1.29, 1.82) is 5.26 Å². The molecule has 21 heavy (non-hydrogen) atoms. The number of hydrogen-bond donors (Lipinski definition) is 1. The number of nitrogens with zero attached hydrogens (tertiary/aromatic N) is 2. The highest BCUT2D eigenvalue weighted by Crippen LogP contribution is 2.18. The van der Waals surface area contributed by atoms with Crippen LogP contribution in [-0.2, 0) is 0 Å². The van der Waals surface area contributed by atoms with Crippen LogP contribution in [0.1, 0.15) is 42.6 Å². The lowest BCUT2D eigenvalue weighted by atomic mass is 9.97. The third kappa shape index (κ3) is 4.30. The van der Waals surface area contributed by atoms with Gasteiger partial charge < -0.3 is 10.2 Å². The van der Waals surface area contributed by atoms with Crippen LogP contribution in [0, 0.1) is 17.2 Å². The molecule has 0 saturated carbocycles. The Bertz CT molecular complexity index is 533. The highest BCUT2D eigenvalue weighted by Gasteiger charge is 2.24. The zero-order chi connectivity index (χ0) is 15.2. The summed E-state index contributed by atoms with van der Waals surface area (Å²) >= 11 is 0. The minimum absolute atomic E-state index is 0.0429. The Balaban J connectivity index is 2.00. The lowest BCUT2D eigenvalue weighted by Gasteiger charge is -2.33. The first-order valence-corrected chi connectivity index (χ1v) is 7.63. The molecule has 0 radical (unpaired) electrons. The molecule has 1 atom stereocenters. The van der Waals surface area contributed by atoms with Crippen molar-refractivity contribution in [3.63, 3.8) is 0 Å². The molecule has 1 aliphatic heterocycles. The van der Waals surface area contributed by atoms with Gasteiger partial charge in [-0.3, -0.25) is 4.79 Å². The highest BCUT2D eigenvalue weighted by atomic mass is 16.2. The molecule has 0 aromatic heterocycles. The minimum Gasteiger partial charge on any atom is -0.338 e. The fraction of sp³-hybridized carbons (Fsp3) is 0.529. The number of rotatable bonds is 4. The largest absolute Gasteiger partial charge is 0.338 e. The van der Waals surface area contributed by atoms with E-state index >= 15 is 0 Å². The van der Waals surface area contributed by atoms with E-state index in [0.29, 0.717) is 23.1 Å². The molecular weight excluding hydrogens is 262 g/mol. The average molecular weight is 285 g/mol. The summed E-state index contributed by atoms with van der Waals surface area (Å²) in [6.07, 6.45) is 2.22. The smallest absolute Gasteiger partial charge is 0.253 e. The van der Waals surface area contributed by atoms with Gasteiger partial charge in [0.05, 0.1) is 11.6 Å². The van der Waals surface area contributed by atoms with Gasteiger partial charge in [0, 0.05) is 24.7 Å². The zero-order valence-corrected chi connectivity index (χ0v) is 12.8. The molecule has 1 N–H and O–H groups in total. The first-order chi connectivity index (χ1) is 10.1. The monoisotopic (exact) mass is 285 g/mol. The SMILES string of the molecule is CC(C)NCC1CCCN(C(=O)c2cccc(C#N)c2)C1. The van der Waals surface area contributed by atoms with E-state index in [-0.39, 0.29) is 5.91 Å². The van der Waals surface area contributed by atoms with Crippen molar-refractivity contribution in [2.24, 2.45) is 5.92 Å². The molecule has 1 fully saturated rings. The van der Waals surface area contributed by atoms with Crippen molar-refractivity contribution >= 4 is 5.91 Å². The molecule has 112 valence electrons. The molecule has 1 amide bonds. The van der Waals surface area contributed by atoms with Crippen LogP contribution in [0.4, 0.5) is 0 Å². The van der Waals surface area contributed by atoms with Gasteiger partial charge in [0.2, 0.25) is 0 Å². The normalized spacial score (nSPS) is 18.6. The fourth-order valence-electron chi connectivity index (χ4n) is 2.72. The number of likely N-dealkylation sites (tertiary alicyclic amines) is 1. The topological polar surface area (TPSA) is 56.1 Å². The molecule has 0 aliphatic carbocycles. The predicted molar refractivity (Wildman–Crippen MR) is 82.9 cm³/mol. The summed E-state index contributed by atoms with van der Waals surface area (Å²) in [6.45, 7) is 6.85. The molecule has 1 saturated heterocycles. The van der Waals surface area contributed by atoms with Crippen molar-refractivity contribution in [2.75, 3.05) is 19.6 Å². The zero-order valence-electron chi connectivity index (χ0n) is 12.8. The van der Waals surface area contributed by atoms with Crippen LogP contribution in [0.2, 0.25) is 0 Å². The summed E-state index contributed by atoms with van der Waals surface area (Å²) in [7, 11) is 0. The van der Waals surface area contributed by atoms with Crippen LogP contribution in [0.25, 0.3) is 0 Å². The van der Waals surface area contributed by atoms with Crippen LogP contribution in [-0.4, -0.2) is 36.5 Å². The Morgan fingerprint density at radius 2 is 2.33 bits per heavy atom. The predicted octanol–water partition coefficient (Wildman–Crippen LogP) is 2.41. The van der Waals surface area contributed by atoms with Crippen molar-refractivity contribution in [2.45, 2.75) is 32.7 Å². The van der Waals surface area contributed by atoms with Gasteiger partial charge in [-0.25, -0.2) is 0 Å². The maximum Gasteiger partial charge on any atom is 0.253 e. The van der Waals surface area contributed by atoms with Crippen LogP contribution in [0.3, 0.4) is 0 Å². The van der Waals surface area contributed by atoms with Crippen LogP contribution < -0.4 is 5.32 Å². The van der Waals surface area contributed by atoms with Gasteiger partial charge in [-0.2, -0.15) is 5.26 Å². The lowest BCUT2D eigenvalue weighted by molar-refractivity contribution is 0.0672. The number of hydrogen-bond acceptors (Lipinski definition) is 3. The van der Waals surface area contributed by atoms with Gasteiger partial charge in [0.25, 0.3) is 5.91 Å². The maximum atomic E-state index is 12.5. The molecule has 1 aliphatic rings. The molecule has 1 aromatic carbocycles. The van der Waals surface area contributed by atoms with E-state index in [4.69, 9.17) is 5.26 Å². The summed E-state index contributed by atoms with van der Waals surface area (Å²) in [4.78, 5) is 14.5. The van der Waals surface area contributed by atoms with Gasteiger partial charge in [-0.05, 0) is 43.5 Å². The number of nitrogens with one attached hydrogen (secondary N) is 1. The van der Waals surface area contributed by atoms with Gasteiger partial charge in [0.1, 0.15) is 0 Å². The quantitative estimate of drug-likeness (QED) is 0.924. The summed E-state index contributed by atoms with van der Waals surface area (Å²) < 4.78 is 0. The third-order valence-electron chi connectivity index (χ3n) is 3.86. The Hall–Kier alpha value is -1.86. The molecule has 1 unspecified atom stereocenters. The molecular formula is C17H23N3O. The van der Waals surface area contributed by atoms with Crippen molar-refractivity contribution < 1.29 is 4.79 Å². The first kappa shape index (κ1) is 15.5. The molecule has 2 rings (SSSR count). The Labute approximate surface area is 126 Å². The van der Waals surface area contributed by atoms with E-state index in [0.717, 1.165) is 26.1 Å². The molecule has 1 aromatic rings. The molecule has 0 bridgehead atoms. The molecule has 1 heterocycles. The lowest BCUT2D eigenvalue weighted by Crippen LogP contribution is -2.43. The second kappa shape index (κ2) is 7.24. The second-order valence-corrected chi connectivity index (χ2v) is 6.01. The summed E-state index contributed by atoms with van der Waals surface area (Å²) in [5.41, 5.74) is 1.16. The second-order valence-electron chi connectivity index (χ2n) is 6.01. The van der Waals surface area contributed by atoms with E-state index < -0.39 is 0 Å². The van der Waals surface area contributed by atoms with Crippen molar-refractivity contribution in [1.82, 2.24) is 10.2 Å². The average Bonchev–Trinajstić information content (AvgIpc) is 2.52. The van der Waals surface area contributed by atoms with Crippen LogP contribution >= 0.6 is 0 Å². The minimum atomic E-state index is 0.0429. The standard InChI is InChI=1S/C17H23N3O/c1-13(2)19-11-15-6-4-8-20(12-15)17(21)16-7-3-5-14(9-16)10-18/h3,5,7,9,13,15,19H,4,6,8,11-12H2,1-2H3. The summed E-state index contributed by atoms with van der Waals surface area (Å²) in [6, 6.07) is 9.53. The Morgan fingerprint density at radius 3 is 3.05 bits per heavy atom. The Morgan fingerprint density at radius 1 is 1.52 bits per heavy atom. The summed E-state index contributed by atoms with van der Waals surface area (Å²) in [5, 5.41) is 12.4. The number of carbonyl (C=O) groups excluding carboxylic acids is 1. The fourth-order valence-corrected chi connectivity index (χ4v) is 2.72. The van der Waals surface area contributed by atoms with Crippen molar-refractivity contribution in [3.8, 4) is 6.07 Å². The molecule has 0 spiro atoms.